The summed E-state index contributed by atoms with van der Waals surface area (Å²) in [7, 11) is 0. The van der Waals surface area contributed by atoms with Gasteiger partial charge < -0.3 is 4.98 Å². The molecule has 1 aliphatic heterocycles. The maximum Gasteiger partial charge on any atom is 0.449 e. The van der Waals surface area contributed by atoms with Gasteiger partial charge in [-0.1, -0.05) is 0 Å². The minimum atomic E-state index is -4.63. The monoisotopic (exact) mass is 316 g/mol. The summed E-state index contributed by atoms with van der Waals surface area (Å²) in [5, 5.41) is 2.77. The van der Waals surface area contributed by atoms with E-state index in [4.69, 9.17) is 0 Å². The van der Waals surface area contributed by atoms with Crippen LogP contribution < -0.4 is 5.56 Å². The molecule has 5 nitrogen and oxygen atoms in total. The predicted octanol–water partition coefficient (Wildman–Crippen LogP) is 1.80. The summed E-state index contributed by atoms with van der Waals surface area (Å²) in [4.78, 5) is 23.4. The number of hydrogen-bond acceptors (Lipinski definition) is 5. The van der Waals surface area contributed by atoms with Gasteiger partial charge in [-0.3, -0.25) is 9.69 Å². The van der Waals surface area contributed by atoms with Crippen molar-refractivity contribution in [1.82, 2.24) is 19.9 Å². The molecule has 1 aliphatic rings. The van der Waals surface area contributed by atoms with E-state index in [9.17, 15) is 18.0 Å². The normalized spacial score (nSPS) is 16.0. The zero-order chi connectivity index (χ0) is 15.0. The van der Waals surface area contributed by atoms with Crippen LogP contribution >= 0.6 is 11.3 Å². The lowest BCUT2D eigenvalue weighted by atomic mass is 10.1. The number of aromatic amines is 1. The number of fused-ring (bicyclic) bond motifs is 1. The van der Waals surface area contributed by atoms with E-state index in [1.807, 2.05) is 15.3 Å². The van der Waals surface area contributed by atoms with Gasteiger partial charge in [0.25, 0.3) is 5.56 Å². The first kappa shape index (κ1) is 14.2. The average molecular weight is 316 g/mol. The molecule has 0 radical (unpaired) electrons. The van der Waals surface area contributed by atoms with Crippen molar-refractivity contribution in [3.05, 3.63) is 44.0 Å². The van der Waals surface area contributed by atoms with Crippen LogP contribution in [0.5, 0.6) is 0 Å². The van der Waals surface area contributed by atoms with E-state index >= 15 is 0 Å². The third-order valence-electron chi connectivity index (χ3n) is 3.26. The molecule has 0 fully saturated rings. The van der Waals surface area contributed by atoms with Gasteiger partial charge in [-0.25, -0.2) is 9.97 Å². The molecule has 2 aromatic rings. The molecule has 3 heterocycles. The number of nitrogens with one attached hydrogen (secondary N) is 1. The SMILES string of the molecule is O=c1[nH]c(C(F)(F)F)nc2c1CN(Cc1nccs1)CC2. The Balaban J connectivity index is 1.85. The summed E-state index contributed by atoms with van der Waals surface area (Å²) in [5.74, 6) is -1.22. The highest BCUT2D eigenvalue weighted by Gasteiger charge is 2.35. The van der Waals surface area contributed by atoms with E-state index in [0.717, 1.165) is 5.01 Å². The highest BCUT2D eigenvalue weighted by Crippen LogP contribution is 2.26. The zero-order valence-electron chi connectivity index (χ0n) is 10.8. The lowest BCUT2D eigenvalue weighted by molar-refractivity contribution is -0.145. The van der Waals surface area contributed by atoms with Gasteiger partial charge >= 0.3 is 6.18 Å². The molecule has 0 unspecified atom stereocenters. The molecule has 0 atom stereocenters. The molecule has 9 heteroatoms. The smallest absolute Gasteiger partial charge is 0.303 e. The van der Waals surface area contributed by atoms with Gasteiger partial charge in [0.15, 0.2) is 0 Å². The number of aromatic nitrogens is 3. The van der Waals surface area contributed by atoms with Gasteiger partial charge in [0, 0.05) is 31.1 Å². The molecule has 0 amide bonds. The largest absolute Gasteiger partial charge is 0.449 e. The predicted molar refractivity (Wildman–Crippen MR) is 69.8 cm³/mol. The summed E-state index contributed by atoms with van der Waals surface area (Å²) in [6.07, 6.45) is -2.61. The number of halogens is 3. The Kier molecular flexibility index (Phi) is 3.54. The van der Waals surface area contributed by atoms with Crippen molar-refractivity contribution < 1.29 is 13.2 Å². The second-order valence-corrected chi connectivity index (χ2v) is 5.70. The first-order valence-electron chi connectivity index (χ1n) is 6.23. The van der Waals surface area contributed by atoms with E-state index in [1.54, 1.807) is 6.20 Å². The molecule has 3 rings (SSSR count). The van der Waals surface area contributed by atoms with Crippen LogP contribution in [0.4, 0.5) is 13.2 Å². The fourth-order valence-corrected chi connectivity index (χ4v) is 2.93. The fraction of sp³-hybridized carbons (Fsp3) is 0.417. The zero-order valence-corrected chi connectivity index (χ0v) is 11.6. The first-order valence-corrected chi connectivity index (χ1v) is 7.11. The minimum absolute atomic E-state index is 0.237. The molecule has 0 aromatic carbocycles. The van der Waals surface area contributed by atoms with Gasteiger partial charge in [0.05, 0.1) is 17.8 Å². The third kappa shape index (κ3) is 2.98. The van der Waals surface area contributed by atoms with Crippen LogP contribution in [0, 0.1) is 0 Å². The fourth-order valence-electron chi connectivity index (χ4n) is 2.27. The molecule has 0 aliphatic carbocycles. The summed E-state index contributed by atoms with van der Waals surface area (Å²) in [6, 6.07) is 0. The van der Waals surface area contributed by atoms with Gasteiger partial charge in [-0.05, 0) is 0 Å². The highest BCUT2D eigenvalue weighted by atomic mass is 32.1. The van der Waals surface area contributed by atoms with Gasteiger partial charge in [0.1, 0.15) is 5.01 Å². The quantitative estimate of drug-likeness (QED) is 0.918. The standard InChI is InChI=1S/C12H11F3N4OS/c13-12(14,15)11-17-8-1-3-19(5-7(8)10(20)18-11)6-9-16-2-4-21-9/h2,4H,1,3,5-6H2,(H,17,18,20). The molecule has 21 heavy (non-hydrogen) atoms. The van der Waals surface area contributed by atoms with E-state index < -0.39 is 17.6 Å². The maximum absolute atomic E-state index is 12.6. The second-order valence-electron chi connectivity index (χ2n) is 4.72. The van der Waals surface area contributed by atoms with E-state index in [1.165, 1.54) is 11.3 Å². The topological polar surface area (TPSA) is 61.9 Å². The van der Waals surface area contributed by atoms with Crippen molar-refractivity contribution in [2.45, 2.75) is 25.7 Å². The van der Waals surface area contributed by atoms with Crippen molar-refractivity contribution in [2.75, 3.05) is 6.54 Å². The van der Waals surface area contributed by atoms with Crippen LogP contribution in [0.3, 0.4) is 0 Å². The molecule has 112 valence electrons. The highest BCUT2D eigenvalue weighted by molar-refractivity contribution is 7.09. The molecular weight excluding hydrogens is 305 g/mol. The summed E-state index contributed by atoms with van der Waals surface area (Å²) in [6.45, 7) is 1.42. The number of thiazole rings is 1. The van der Waals surface area contributed by atoms with E-state index in [2.05, 4.69) is 9.97 Å². The number of H-pyrrole nitrogens is 1. The van der Waals surface area contributed by atoms with Crippen LogP contribution in [0.15, 0.2) is 16.4 Å². The summed E-state index contributed by atoms with van der Waals surface area (Å²) >= 11 is 1.50. The Morgan fingerprint density at radius 3 is 2.90 bits per heavy atom. The average Bonchev–Trinajstić information content (AvgIpc) is 2.91. The third-order valence-corrected chi connectivity index (χ3v) is 4.02. The van der Waals surface area contributed by atoms with Gasteiger partial charge in [-0.15, -0.1) is 11.3 Å². The van der Waals surface area contributed by atoms with Crippen LogP contribution in [0.2, 0.25) is 0 Å². The van der Waals surface area contributed by atoms with Crippen molar-refractivity contribution in [3.63, 3.8) is 0 Å². The molecule has 1 N–H and O–H groups in total. The van der Waals surface area contributed by atoms with Crippen molar-refractivity contribution >= 4 is 11.3 Å². The Morgan fingerprint density at radius 2 is 2.24 bits per heavy atom. The first-order chi connectivity index (χ1) is 9.93. The number of hydrogen-bond donors (Lipinski definition) is 1. The van der Waals surface area contributed by atoms with Crippen molar-refractivity contribution in [3.8, 4) is 0 Å². The Hall–Kier alpha value is -1.74. The minimum Gasteiger partial charge on any atom is -0.303 e. The van der Waals surface area contributed by atoms with Crippen molar-refractivity contribution in [2.24, 2.45) is 0 Å². The van der Waals surface area contributed by atoms with Crippen LogP contribution in [-0.4, -0.2) is 26.4 Å². The van der Waals surface area contributed by atoms with Gasteiger partial charge in [0.2, 0.25) is 5.82 Å². The van der Waals surface area contributed by atoms with Crippen molar-refractivity contribution in [1.29, 1.82) is 0 Å². The van der Waals surface area contributed by atoms with Crippen LogP contribution in [-0.2, 0) is 25.7 Å². The van der Waals surface area contributed by atoms with E-state index in [-0.39, 0.29) is 12.2 Å². The molecule has 2 aromatic heterocycles. The number of alkyl halides is 3. The summed E-state index contributed by atoms with van der Waals surface area (Å²) in [5.41, 5.74) is -0.163. The summed E-state index contributed by atoms with van der Waals surface area (Å²) < 4.78 is 37.8. The van der Waals surface area contributed by atoms with E-state index in [0.29, 0.717) is 25.1 Å². The molecule has 0 saturated carbocycles. The Labute approximate surface area is 121 Å². The Morgan fingerprint density at radius 1 is 1.43 bits per heavy atom. The maximum atomic E-state index is 12.6. The van der Waals surface area contributed by atoms with Crippen LogP contribution in [0.1, 0.15) is 22.1 Å². The van der Waals surface area contributed by atoms with Gasteiger partial charge in [-0.2, -0.15) is 13.2 Å². The molecule has 0 bridgehead atoms. The molecular formula is C12H11F3N4OS. The Bertz CT molecular complexity index is 696. The lowest BCUT2D eigenvalue weighted by Gasteiger charge is -2.26. The van der Waals surface area contributed by atoms with Crippen LogP contribution in [0.25, 0.3) is 0 Å². The number of rotatable bonds is 2. The molecule has 0 spiro atoms. The molecule has 0 saturated heterocycles. The lowest BCUT2D eigenvalue weighted by Crippen LogP contribution is -2.36. The second kappa shape index (κ2) is 5.23. The number of nitrogens with zero attached hydrogens (tertiary/aromatic N) is 3.